The van der Waals surface area contributed by atoms with Crippen LogP contribution in [0.5, 0.6) is 0 Å². The zero-order valence-electron chi connectivity index (χ0n) is 14.0. The molecule has 2 amide bonds. The Balaban J connectivity index is 1.71. The lowest BCUT2D eigenvalue weighted by Crippen LogP contribution is -2.33. The summed E-state index contributed by atoms with van der Waals surface area (Å²) in [6, 6.07) is 10.3. The van der Waals surface area contributed by atoms with E-state index in [1.165, 1.54) is 0 Å². The molecule has 1 aliphatic rings. The molecular formula is C19H20ClN3O2. The fraction of sp³-hybridized carbons (Fsp3) is 0.316. The molecule has 0 radical (unpaired) electrons. The largest absolute Gasteiger partial charge is 0.348 e. The molecule has 0 atom stereocenters. The van der Waals surface area contributed by atoms with Gasteiger partial charge < -0.3 is 10.6 Å². The highest BCUT2D eigenvalue weighted by Gasteiger charge is 2.19. The molecule has 0 saturated heterocycles. The van der Waals surface area contributed by atoms with E-state index >= 15 is 0 Å². The molecule has 5 nitrogen and oxygen atoms in total. The van der Waals surface area contributed by atoms with Crippen LogP contribution < -0.4 is 10.6 Å². The van der Waals surface area contributed by atoms with E-state index in [2.05, 4.69) is 15.6 Å². The molecule has 1 fully saturated rings. The highest BCUT2D eigenvalue weighted by atomic mass is 35.5. The minimum Gasteiger partial charge on any atom is -0.348 e. The lowest BCUT2D eigenvalue weighted by molar-refractivity contribution is 0.0932. The van der Waals surface area contributed by atoms with Crippen LogP contribution >= 0.6 is 11.6 Å². The second kappa shape index (κ2) is 7.66. The lowest BCUT2D eigenvalue weighted by Gasteiger charge is -2.12. The number of aryl methyl sites for hydroxylation is 1. The van der Waals surface area contributed by atoms with Crippen molar-refractivity contribution in [2.45, 2.75) is 38.6 Å². The summed E-state index contributed by atoms with van der Waals surface area (Å²) in [6.07, 6.45) is 4.28. The van der Waals surface area contributed by atoms with Crippen molar-refractivity contribution in [1.29, 1.82) is 0 Å². The zero-order chi connectivity index (χ0) is 17.8. The number of amides is 2. The normalized spacial score (nSPS) is 14.3. The van der Waals surface area contributed by atoms with E-state index < -0.39 is 0 Å². The van der Waals surface area contributed by atoms with Crippen molar-refractivity contribution in [3.63, 3.8) is 0 Å². The molecule has 1 heterocycles. The monoisotopic (exact) mass is 357 g/mol. The first-order valence-corrected chi connectivity index (χ1v) is 8.76. The standard InChI is InChI=1S/C19H20ClN3O2/c1-12-11-13(20)9-10-15(12)23-19(25)17-8-4-7-16(22-17)18(24)21-14-5-2-3-6-14/h4,7-11,14H,2-3,5-6H2,1H3,(H,21,24)(H,23,25). The van der Waals surface area contributed by atoms with Gasteiger partial charge in [-0.15, -0.1) is 0 Å². The Bertz CT molecular complexity index is 801. The second-order valence-corrected chi connectivity index (χ2v) is 6.71. The molecule has 1 aromatic carbocycles. The number of anilines is 1. The van der Waals surface area contributed by atoms with Gasteiger partial charge in [0.2, 0.25) is 0 Å². The van der Waals surface area contributed by atoms with Crippen LogP contribution in [0, 0.1) is 6.92 Å². The minimum absolute atomic E-state index is 0.202. The van der Waals surface area contributed by atoms with E-state index in [4.69, 9.17) is 11.6 Å². The molecule has 1 aromatic heterocycles. The smallest absolute Gasteiger partial charge is 0.274 e. The van der Waals surface area contributed by atoms with Crippen LogP contribution in [0.15, 0.2) is 36.4 Å². The van der Waals surface area contributed by atoms with Gasteiger partial charge in [-0.25, -0.2) is 4.98 Å². The summed E-state index contributed by atoms with van der Waals surface area (Å²) >= 11 is 5.93. The molecule has 25 heavy (non-hydrogen) atoms. The summed E-state index contributed by atoms with van der Waals surface area (Å²) in [5.74, 6) is -0.592. The van der Waals surface area contributed by atoms with E-state index in [9.17, 15) is 9.59 Å². The van der Waals surface area contributed by atoms with E-state index in [-0.39, 0.29) is 29.2 Å². The Morgan fingerprint density at radius 1 is 1.08 bits per heavy atom. The van der Waals surface area contributed by atoms with Crippen molar-refractivity contribution in [2.75, 3.05) is 5.32 Å². The van der Waals surface area contributed by atoms with Gasteiger partial charge in [0.15, 0.2) is 0 Å². The first kappa shape index (κ1) is 17.4. The first-order chi connectivity index (χ1) is 12.0. The molecular weight excluding hydrogens is 338 g/mol. The highest BCUT2D eigenvalue weighted by Crippen LogP contribution is 2.20. The van der Waals surface area contributed by atoms with Crippen molar-refractivity contribution in [2.24, 2.45) is 0 Å². The predicted octanol–water partition coefficient (Wildman–Crippen LogP) is 3.97. The zero-order valence-corrected chi connectivity index (χ0v) is 14.8. The number of pyridine rings is 1. The van der Waals surface area contributed by atoms with Crippen molar-refractivity contribution < 1.29 is 9.59 Å². The molecule has 3 rings (SSSR count). The van der Waals surface area contributed by atoms with Gasteiger partial charge in [-0.3, -0.25) is 9.59 Å². The quantitative estimate of drug-likeness (QED) is 0.869. The molecule has 6 heteroatoms. The maximum Gasteiger partial charge on any atom is 0.274 e. The van der Waals surface area contributed by atoms with Crippen LogP contribution in [-0.2, 0) is 0 Å². The third-order valence-electron chi connectivity index (χ3n) is 4.34. The Labute approximate surface area is 151 Å². The number of hydrogen-bond acceptors (Lipinski definition) is 3. The van der Waals surface area contributed by atoms with Gasteiger partial charge in [-0.05, 0) is 55.7 Å². The van der Waals surface area contributed by atoms with Gasteiger partial charge in [0.25, 0.3) is 11.8 Å². The molecule has 0 aliphatic heterocycles. The number of nitrogens with one attached hydrogen (secondary N) is 2. The van der Waals surface area contributed by atoms with E-state index in [0.717, 1.165) is 31.2 Å². The third kappa shape index (κ3) is 4.37. The highest BCUT2D eigenvalue weighted by molar-refractivity contribution is 6.30. The second-order valence-electron chi connectivity index (χ2n) is 6.28. The van der Waals surface area contributed by atoms with Gasteiger partial charge in [0.05, 0.1) is 0 Å². The first-order valence-electron chi connectivity index (χ1n) is 8.38. The Morgan fingerprint density at radius 2 is 1.76 bits per heavy atom. The maximum absolute atomic E-state index is 12.4. The predicted molar refractivity (Wildman–Crippen MR) is 98.1 cm³/mol. The number of halogens is 1. The van der Waals surface area contributed by atoms with E-state index in [0.29, 0.717) is 10.7 Å². The number of rotatable bonds is 4. The van der Waals surface area contributed by atoms with Gasteiger partial charge >= 0.3 is 0 Å². The Hall–Kier alpha value is -2.40. The van der Waals surface area contributed by atoms with Gasteiger partial charge in [-0.2, -0.15) is 0 Å². The molecule has 0 spiro atoms. The average Bonchev–Trinajstić information content (AvgIpc) is 3.10. The van der Waals surface area contributed by atoms with Crippen LogP contribution in [0.25, 0.3) is 0 Å². The number of carbonyl (C=O) groups excluding carboxylic acids is 2. The number of nitrogens with zero attached hydrogens (tertiary/aromatic N) is 1. The van der Waals surface area contributed by atoms with Gasteiger partial charge in [0, 0.05) is 16.8 Å². The molecule has 0 unspecified atom stereocenters. The van der Waals surface area contributed by atoms with Crippen LogP contribution in [0.1, 0.15) is 52.2 Å². The molecule has 130 valence electrons. The van der Waals surface area contributed by atoms with Crippen LogP contribution in [0.2, 0.25) is 5.02 Å². The van der Waals surface area contributed by atoms with Crippen molar-refractivity contribution in [3.8, 4) is 0 Å². The molecule has 0 bridgehead atoms. The Kier molecular flexibility index (Phi) is 5.34. The lowest BCUT2D eigenvalue weighted by atomic mass is 10.2. The van der Waals surface area contributed by atoms with Gasteiger partial charge in [-0.1, -0.05) is 30.5 Å². The molecule has 1 aliphatic carbocycles. The summed E-state index contributed by atoms with van der Waals surface area (Å²) in [5, 5.41) is 6.39. The number of carbonyl (C=O) groups is 2. The SMILES string of the molecule is Cc1cc(Cl)ccc1NC(=O)c1cccc(C(=O)NC2CCCC2)n1. The topological polar surface area (TPSA) is 71.1 Å². The average molecular weight is 358 g/mol. The van der Waals surface area contributed by atoms with Crippen LogP contribution in [0.3, 0.4) is 0 Å². The summed E-state index contributed by atoms with van der Waals surface area (Å²) in [4.78, 5) is 28.9. The van der Waals surface area contributed by atoms with Gasteiger partial charge in [0.1, 0.15) is 11.4 Å². The van der Waals surface area contributed by atoms with E-state index in [1.54, 1.807) is 36.4 Å². The van der Waals surface area contributed by atoms with Crippen LogP contribution in [0.4, 0.5) is 5.69 Å². The van der Waals surface area contributed by atoms with Crippen molar-refractivity contribution >= 4 is 29.1 Å². The van der Waals surface area contributed by atoms with Crippen LogP contribution in [-0.4, -0.2) is 22.8 Å². The molecule has 1 saturated carbocycles. The van der Waals surface area contributed by atoms with E-state index in [1.807, 2.05) is 6.92 Å². The summed E-state index contributed by atoms with van der Waals surface area (Å²) in [5.41, 5.74) is 1.98. The van der Waals surface area contributed by atoms with Crippen molar-refractivity contribution in [1.82, 2.24) is 10.3 Å². The molecule has 2 N–H and O–H groups in total. The maximum atomic E-state index is 12.4. The number of aromatic nitrogens is 1. The Morgan fingerprint density at radius 3 is 2.44 bits per heavy atom. The molecule has 2 aromatic rings. The summed E-state index contributed by atoms with van der Waals surface area (Å²) in [6.45, 7) is 1.86. The summed E-state index contributed by atoms with van der Waals surface area (Å²) < 4.78 is 0. The minimum atomic E-state index is -0.360. The van der Waals surface area contributed by atoms with Crippen molar-refractivity contribution in [3.05, 3.63) is 58.4 Å². The summed E-state index contributed by atoms with van der Waals surface area (Å²) in [7, 11) is 0. The number of benzene rings is 1. The fourth-order valence-electron chi connectivity index (χ4n) is 2.97. The fourth-order valence-corrected chi connectivity index (χ4v) is 3.20. The number of hydrogen-bond donors (Lipinski definition) is 2. The third-order valence-corrected chi connectivity index (χ3v) is 4.58.